The van der Waals surface area contributed by atoms with Crippen molar-refractivity contribution in [2.45, 2.75) is 18.6 Å². The number of aliphatic hydroxyl groups is 2. The predicted octanol–water partition coefficient (Wildman–Crippen LogP) is 1.71. The van der Waals surface area contributed by atoms with E-state index in [2.05, 4.69) is 14.8 Å². The van der Waals surface area contributed by atoms with Crippen molar-refractivity contribution >= 4 is 5.97 Å². The summed E-state index contributed by atoms with van der Waals surface area (Å²) >= 11 is 0. The molecule has 0 saturated heterocycles. The van der Waals surface area contributed by atoms with E-state index in [4.69, 9.17) is 5.53 Å². The second-order valence-electron chi connectivity index (χ2n) is 3.99. The summed E-state index contributed by atoms with van der Waals surface area (Å²) in [4.78, 5) is 13.8. The molecule has 0 heterocycles. The Bertz CT molecular complexity index is 531. The van der Waals surface area contributed by atoms with Crippen molar-refractivity contribution in [1.82, 2.24) is 0 Å². The normalized spacial score (nSPS) is 13.2. The van der Waals surface area contributed by atoms with Gasteiger partial charge in [0.2, 0.25) is 0 Å². The van der Waals surface area contributed by atoms with E-state index in [9.17, 15) is 19.4 Å². The number of hydrogen-bond acceptors (Lipinski definition) is 5. The summed E-state index contributed by atoms with van der Waals surface area (Å²) in [6.45, 7) is 0.0137. The largest absolute Gasteiger partial charge is 0.465 e. The van der Waals surface area contributed by atoms with Crippen LogP contribution in [0.5, 0.6) is 0 Å². The van der Waals surface area contributed by atoms with Gasteiger partial charge in [-0.1, -0.05) is 11.2 Å². The van der Waals surface area contributed by atoms with Crippen molar-refractivity contribution in [2.75, 3.05) is 13.7 Å². The Balaban J connectivity index is 2.90. The van der Waals surface area contributed by atoms with E-state index >= 15 is 0 Å². The highest BCUT2D eigenvalue weighted by atomic mass is 19.1. The Kier molecular flexibility index (Phi) is 5.92. The maximum absolute atomic E-state index is 13.4. The second-order valence-corrected chi connectivity index (χ2v) is 3.99. The van der Waals surface area contributed by atoms with Crippen LogP contribution in [0.15, 0.2) is 23.3 Å². The van der Waals surface area contributed by atoms with Crippen molar-refractivity contribution in [3.8, 4) is 0 Å². The zero-order chi connectivity index (χ0) is 15.1. The Morgan fingerprint density at radius 1 is 1.55 bits per heavy atom. The highest BCUT2D eigenvalue weighted by Crippen LogP contribution is 2.22. The van der Waals surface area contributed by atoms with Crippen LogP contribution in [0.2, 0.25) is 0 Å². The number of aliphatic hydroxyl groups excluding tert-OH is 2. The van der Waals surface area contributed by atoms with E-state index in [1.165, 1.54) is 6.07 Å². The number of halogens is 1. The monoisotopic (exact) mass is 283 g/mol. The summed E-state index contributed by atoms with van der Waals surface area (Å²) in [7, 11) is 1.11. The molecule has 108 valence electrons. The summed E-state index contributed by atoms with van der Waals surface area (Å²) in [6, 6.07) is 3.37. The van der Waals surface area contributed by atoms with E-state index in [1.807, 2.05) is 0 Å². The van der Waals surface area contributed by atoms with Crippen LogP contribution in [0.1, 0.15) is 28.4 Å². The molecule has 2 atom stereocenters. The molecule has 0 aliphatic carbocycles. The van der Waals surface area contributed by atoms with Gasteiger partial charge in [0, 0.05) is 11.5 Å². The van der Waals surface area contributed by atoms with Crippen LogP contribution in [0, 0.1) is 5.82 Å². The van der Waals surface area contributed by atoms with E-state index in [0.29, 0.717) is 0 Å². The van der Waals surface area contributed by atoms with Gasteiger partial charge in [-0.05, 0) is 29.6 Å². The number of esters is 1. The van der Waals surface area contributed by atoms with Gasteiger partial charge in [-0.3, -0.25) is 0 Å². The maximum atomic E-state index is 13.4. The standard InChI is InChI=1S/C12H14FN3O4/c1-20-12(19)8-6-7(2-3-9(8)13)11(18)10(17)4-5-15-16-14/h2-3,6,10-11,17-18H,4-5H2,1H3. The molecule has 1 aromatic rings. The van der Waals surface area contributed by atoms with Crippen molar-refractivity contribution in [3.05, 3.63) is 45.6 Å². The quantitative estimate of drug-likeness (QED) is 0.358. The van der Waals surface area contributed by atoms with Crippen LogP contribution in [0.3, 0.4) is 0 Å². The van der Waals surface area contributed by atoms with Crippen LogP contribution in [0.25, 0.3) is 10.4 Å². The highest BCUT2D eigenvalue weighted by Gasteiger charge is 2.21. The lowest BCUT2D eigenvalue weighted by atomic mass is 10.00. The molecule has 2 unspecified atom stereocenters. The van der Waals surface area contributed by atoms with Crippen LogP contribution < -0.4 is 0 Å². The third-order valence-electron chi connectivity index (χ3n) is 2.69. The van der Waals surface area contributed by atoms with Crippen LogP contribution in [0.4, 0.5) is 4.39 Å². The third-order valence-corrected chi connectivity index (χ3v) is 2.69. The van der Waals surface area contributed by atoms with Crippen LogP contribution in [-0.4, -0.2) is 35.9 Å². The fourth-order valence-electron chi connectivity index (χ4n) is 1.61. The Morgan fingerprint density at radius 3 is 2.85 bits per heavy atom. The molecule has 7 nitrogen and oxygen atoms in total. The molecule has 0 amide bonds. The first-order valence-corrected chi connectivity index (χ1v) is 5.76. The van der Waals surface area contributed by atoms with Gasteiger partial charge < -0.3 is 14.9 Å². The van der Waals surface area contributed by atoms with Gasteiger partial charge in [0.05, 0.1) is 18.8 Å². The van der Waals surface area contributed by atoms with Crippen LogP contribution >= 0.6 is 0 Å². The lowest BCUT2D eigenvalue weighted by Crippen LogP contribution is -2.20. The molecule has 2 N–H and O–H groups in total. The van der Waals surface area contributed by atoms with E-state index in [1.54, 1.807) is 0 Å². The smallest absolute Gasteiger partial charge is 0.340 e. The first kappa shape index (κ1) is 15.9. The summed E-state index contributed by atoms with van der Waals surface area (Å²) < 4.78 is 17.8. The summed E-state index contributed by atoms with van der Waals surface area (Å²) in [5.41, 5.74) is 7.95. The number of hydrogen-bond donors (Lipinski definition) is 2. The third kappa shape index (κ3) is 3.92. The number of benzene rings is 1. The molecule has 8 heteroatoms. The van der Waals surface area contributed by atoms with Crippen molar-refractivity contribution in [1.29, 1.82) is 0 Å². The fraction of sp³-hybridized carbons (Fsp3) is 0.417. The highest BCUT2D eigenvalue weighted by molar-refractivity contribution is 5.89. The summed E-state index contributed by atoms with van der Waals surface area (Å²) in [5.74, 6) is -1.66. The van der Waals surface area contributed by atoms with Gasteiger partial charge in [0.15, 0.2) is 0 Å². The van der Waals surface area contributed by atoms with Gasteiger partial charge in [0.1, 0.15) is 11.9 Å². The number of nitrogens with zero attached hydrogens (tertiary/aromatic N) is 3. The average Bonchev–Trinajstić information content (AvgIpc) is 2.46. The fourth-order valence-corrected chi connectivity index (χ4v) is 1.61. The molecule has 0 spiro atoms. The zero-order valence-corrected chi connectivity index (χ0v) is 10.7. The Hall–Kier alpha value is -2.15. The maximum Gasteiger partial charge on any atom is 0.340 e. The lowest BCUT2D eigenvalue weighted by molar-refractivity contribution is 0.0149. The summed E-state index contributed by atoms with van der Waals surface area (Å²) in [6.07, 6.45) is -2.49. The van der Waals surface area contributed by atoms with Gasteiger partial charge in [0.25, 0.3) is 0 Å². The topological polar surface area (TPSA) is 116 Å². The molecule has 20 heavy (non-hydrogen) atoms. The molecule has 0 saturated carbocycles. The number of azide groups is 1. The molecule has 0 bridgehead atoms. The molecule has 0 aromatic heterocycles. The minimum atomic E-state index is -1.33. The van der Waals surface area contributed by atoms with Crippen molar-refractivity contribution in [2.24, 2.45) is 5.11 Å². The van der Waals surface area contributed by atoms with E-state index in [-0.39, 0.29) is 24.1 Å². The minimum Gasteiger partial charge on any atom is -0.465 e. The minimum absolute atomic E-state index is 0.0137. The molecular weight excluding hydrogens is 269 g/mol. The summed E-state index contributed by atoms with van der Waals surface area (Å²) in [5, 5.41) is 22.8. The molecule has 1 rings (SSSR count). The SMILES string of the molecule is COC(=O)c1cc(C(O)C(O)CCN=[N+]=[N-])ccc1F. The Morgan fingerprint density at radius 2 is 2.25 bits per heavy atom. The first-order valence-electron chi connectivity index (χ1n) is 5.76. The molecule has 0 aliphatic rings. The number of carbonyl (C=O) groups excluding carboxylic acids is 1. The molecule has 0 aliphatic heterocycles. The molecule has 0 radical (unpaired) electrons. The van der Waals surface area contributed by atoms with Gasteiger partial charge in [-0.2, -0.15) is 0 Å². The number of ether oxygens (including phenoxy) is 1. The zero-order valence-electron chi connectivity index (χ0n) is 10.7. The molecule has 1 aromatic carbocycles. The predicted molar refractivity (Wildman–Crippen MR) is 67.3 cm³/mol. The van der Waals surface area contributed by atoms with Gasteiger partial charge in [-0.25, -0.2) is 9.18 Å². The Labute approximate surface area is 114 Å². The molecular formula is C12H14FN3O4. The van der Waals surface area contributed by atoms with E-state index in [0.717, 1.165) is 19.2 Å². The molecule has 0 fully saturated rings. The van der Waals surface area contributed by atoms with Gasteiger partial charge in [-0.15, -0.1) is 0 Å². The number of rotatable bonds is 6. The lowest BCUT2D eigenvalue weighted by Gasteiger charge is -2.18. The number of methoxy groups -OCH3 is 1. The first-order chi connectivity index (χ1) is 9.51. The van der Waals surface area contributed by atoms with Crippen molar-refractivity contribution < 1.29 is 24.1 Å². The number of carbonyl (C=O) groups is 1. The van der Waals surface area contributed by atoms with Crippen LogP contribution in [-0.2, 0) is 4.74 Å². The average molecular weight is 283 g/mol. The van der Waals surface area contributed by atoms with E-state index < -0.39 is 24.0 Å². The second kappa shape index (κ2) is 7.44. The van der Waals surface area contributed by atoms with Gasteiger partial charge >= 0.3 is 5.97 Å². The van der Waals surface area contributed by atoms with Crippen molar-refractivity contribution in [3.63, 3.8) is 0 Å².